The van der Waals surface area contributed by atoms with E-state index in [1.165, 1.54) is 51.4 Å². The highest BCUT2D eigenvalue weighted by atomic mass is 16.5. The van der Waals surface area contributed by atoms with Crippen molar-refractivity contribution >= 4 is 5.78 Å². The van der Waals surface area contributed by atoms with Crippen molar-refractivity contribution in [3.63, 3.8) is 0 Å². The number of Topliss-reactive ketones (excluding diaryl/α,β-unsaturated/α-hetero) is 1. The molecule has 0 aliphatic carbocycles. The van der Waals surface area contributed by atoms with Crippen LogP contribution < -0.4 is 0 Å². The first-order valence-electron chi connectivity index (χ1n) is 9.50. The van der Waals surface area contributed by atoms with Gasteiger partial charge in [-0.05, 0) is 13.3 Å². The van der Waals surface area contributed by atoms with E-state index < -0.39 is 0 Å². The van der Waals surface area contributed by atoms with Crippen LogP contribution >= 0.6 is 0 Å². The maximum atomic E-state index is 12.5. The molecule has 1 aromatic rings. The molecule has 0 aromatic heterocycles. The van der Waals surface area contributed by atoms with Crippen LogP contribution in [0.3, 0.4) is 0 Å². The Kier molecular flexibility index (Phi) is 11.5. The molecule has 0 radical (unpaired) electrons. The number of unbranched alkanes of at least 4 members (excludes halogenated alkanes) is 8. The van der Waals surface area contributed by atoms with E-state index in [1.807, 2.05) is 37.3 Å². The van der Waals surface area contributed by atoms with Gasteiger partial charge in [-0.2, -0.15) is 0 Å². The molecule has 0 saturated carbocycles. The number of hydrogen-bond acceptors (Lipinski definition) is 2. The van der Waals surface area contributed by atoms with Crippen LogP contribution in [-0.2, 0) is 4.74 Å². The van der Waals surface area contributed by atoms with E-state index in [2.05, 4.69) is 6.92 Å². The molecule has 0 aliphatic rings. The third kappa shape index (κ3) is 8.90. The summed E-state index contributed by atoms with van der Waals surface area (Å²) in [5, 5.41) is 0. The highest BCUT2D eigenvalue weighted by molar-refractivity contribution is 5.99. The van der Waals surface area contributed by atoms with Gasteiger partial charge in [0.25, 0.3) is 0 Å². The lowest BCUT2D eigenvalue weighted by Gasteiger charge is -2.16. The van der Waals surface area contributed by atoms with Crippen molar-refractivity contribution in [3.05, 3.63) is 35.9 Å². The summed E-state index contributed by atoms with van der Waals surface area (Å²) >= 11 is 0. The fourth-order valence-corrected chi connectivity index (χ4v) is 2.92. The summed E-state index contributed by atoms with van der Waals surface area (Å²) in [6.07, 6.45) is 12.3. The van der Waals surface area contributed by atoms with E-state index in [9.17, 15) is 4.79 Å². The quantitative estimate of drug-likeness (QED) is 0.302. The van der Waals surface area contributed by atoms with Crippen molar-refractivity contribution in [1.82, 2.24) is 0 Å². The first kappa shape index (κ1) is 19.9. The van der Waals surface area contributed by atoms with Crippen LogP contribution in [0.15, 0.2) is 30.3 Å². The summed E-state index contributed by atoms with van der Waals surface area (Å²) < 4.78 is 5.68. The van der Waals surface area contributed by atoms with Gasteiger partial charge in [-0.15, -0.1) is 0 Å². The molecule has 2 heteroatoms. The Morgan fingerprint density at radius 1 is 0.870 bits per heavy atom. The van der Waals surface area contributed by atoms with Crippen molar-refractivity contribution in [2.45, 2.75) is 84.2 Å². The largest absolute Gasteiger partial charge is 0.370 e. The van der Waals surface area contributed by atoms with Gasteiger partial charge in [-0.25, -0.2) is 0 Å². The standard InChI is InChI=1S/C21H34O2/c1-3-5-6-7-8-9-10-11-15-18-20(23-4-2)21(22)19-16-13-12-14-17-19/h12-14,16-17,20H,3-11,15,18H2,1-2H3. The minimum atomic E-state index is -0.271. The molecule has 130 valence electrons. The zero-order valence-electron chi connectivity index (χ0n) is 15.1. The van der Waals surface area contributed by atoms with Gasteiger partial charge in [-0.1, -0.05) is 95.0 Å². The number of ketones is 1. The van der Waals surface area contributed by atoms with Gasteiger partial charge < -0.3 is 4.74 Å². The molecular weight excluding hydrogens is 284 g/mol. The zero-order chi connectivity index (χ0) is 16.8. The Hall–Kier alpha value is -1.15. The SMILES string of the molecule is CCCCCCCCCCCC(OCC)C(=O)c1ccccc1. The average Bonchev–Trinajstić information content (AvgIpc) is 2.59. The Morgan fingerprint density at radius 3 is 2.00 bits per heavy atom. The second-order valence-corrected chi connectivity index (χ2v) is 6.29. The Labute approximate surface area is 142 Å². The number of benzene rings is 1. The van der Waals surface area contributed by atoms with Crippen LogP contribution in [0.5, 0.6) is 0 Å². The van der Waals surface area contributed by atoms with E-state index in [0.717, 1.165) is 18.4 Å². The van der Waals surface area contributed by atoms with E-state index >= 15 is 0 Å². The average molecular weight is 319 g/mol. The number of rotatable bonds is 14. The fraction of sp³-hybridized carbons (Fsp3) is 0.667. The van der Waals surface area contributed by atoms with Crippen LogP contribution in [0.1, 0.15) is 88.4 Å². The van der Waals surface area contributed by atoms with E-state index in [4.69, 9.17) is 4.74 Å². The van der Waals surface area contributed by atoms with Crippen LogP contribution in [0.2, 0.25) is 0 Å². The van der Waals surface area contributed by atoms with Gasteiger partial charge in [0, 0.05) is 12.2 Å². The minimum Gasteiger partial charge on any atom is -0.370 e. The molecule has 0 aliphatic heterocycles. The lowest BCUT2D eigenvalue weighted by molar-refractivity contribution is 0.0416. The highest BCUT2D eigenvalue weighted by Crippen LogP contribution is 2.15. The molecule has 2 nitrogen and oxygen atoms in total. The first-order chi connectivity index (χ1) is 11.3. The maximum absolute atomic E-state index is 12.5. The van der Waals surface area contributed by atoms with Crippen molar-refractivity contribution in [3.8, 4) is 0 Å². The predicted molar refractivity (Wildman–Crippen MR) is 98.0 cm³/mol. The van der Waals surface area contributed by atoms with E-state index in [-0.39, 0.29) is 11.9 Å². The van der Waals surface area contributed by atoms with E-state index in [1.54, 1.807) is 0 Å². The summed E-state index contributed by atoms with van der Waals surface area (Å²) in [6, 6.07) is 9.52. The van der Waals surface area contributed by atoms with Gasteiger partial charge in [0.05, 0.1) is 0 Å². The Balaban J connectivity index is 2.20. The molecule has 0 spiro atoms. The smallest absolute Gasteiger partial charge is 0.191 e. The van der Waals surface area contributed by atoms with Gasteiger partial charge in [-0.3, -0.25) is 4.79 Å². The van der Waals surface area contributed by atoms with Crippen LogP contribution in [-0.4, -0.2) is 18.5 Å². The van der Waals surface area contributed by atoms with Crippen molar-refractivity contribution in [2.24, 2.45) is 0 Å². The van der Waals surface area contributed by atoms with Crippen LogP contribution in [0.4, 0.5) is 0 Å². The third-order valence-electron chi connectivity index (χ3n) is 4.29. The van der Waals surface area contributed by atoms with Gasteiger partial charge in [0.2, 0.25) is 0 Å². The molecule has 1 aromatic carbocycles. The summed E-state index contributed by atoms with van der Waals surface area (Å²) in [4.78, 5) is 12.5. The molecule has 0 heterocycles. The number of ether oxygens (including phenoxy) is 1. The molecule has 0 bridgehead atoms. The molecule has 23 heavy (non-hydrogen) atoms. The lowest BCUT2D eigenvalue weighted by atomic mass is 10.00. The Morgan fingerprint density at radius 2 is 1.43 bits per heavy atom. The molecule has 1 atom stereocenters. The molecule has 0 amide bonds. The minimum absolute atomic E-state index is 0.131. The third-order valence-corrected chi connectivity index (χ3v) is 4.29. The topological polar surface area (TPSA) is 26.3 Å². The maximum Gasteiger partial charge on any atom is 0.191 e. The molecule has 0 fully saturated rings. The lowest BCUT2D eigenvalue weighted by Crippen LogP contribution is -2.24. The van der Waals surface area contributed by atoms with Gasteiger partial charge in [0.1, 0.15) is 6.10 Å². The first-order valence-corrected chi connectivity index (χ1v) is 9.50. The molecular formula is C21H34O2. The summed E-state index contributed by atoms with van der Waals surface area (Å²) in [6.45, 7) is 4.81. The summed E-state index contributed by atoms with van der Waals surface area (Å²) in [5.74, 6) is 0.131. The zero-order valence-corrected chi connectivity index (χ0v) is 15.1. The van der Waals surface area contributed by atoms with Crippen LogP contribution in [0.25, 0.3) is 0 Å². The normalized spacial score (nSPS) is 12.3. The van der Waals surface area contributed by atoms with E-state index in [0.29, 0.717) is 6.61 Å². The molecule has 1 unspecified atom stereocenters. The molecule has 0 N–H and O–H groups in total. The van der Waals surface area contributed by atoms with Crippen molar-refractivity contribution in [1.29, 1.82) is 0 Å². The van der Waals surface area contributed by atoms with Crippen molar-refractivity contribution in [2.75, 3.05) is 6.61 Å². The molecule has 0 saturated heterocycles. The molecule has 1 rings (SSSR count). The summed E-state index contributed by atoms with van der Waals surface area (Å²) in [7, 11) is 0. The number of hydrogen-bond donors (Lipinski definition) is 0. The second kappa shape index (κ2) is 13.3. The van der Waals surface area contributed by atoms with Gasteiger partial charge in [0.15, 0.2) is 5.78 Å². The van der Waals surface area contributed by atoms with Crippen LogP contribution in [0, 0.1) is 0 Å². The number of carbonyl (C=O) groups excluding carboxylic acids is 1. The fourth-order valence-electron chi connectivity index (χ4n) is 2.92. The Bertz CT molecular complexity index is 400. The predicted octanol–water partition coefficient (Wildman–Crippen LogP) is 6.20. The van der Waals surface area contributed by atoms with Gasteiger partial charge >= 0.3 is 0 Å². The monoisotopic (exact) mass is 318 g/mol. The summed E-state index contributed by atoms with van der Waals surface area (Å²) in [5.41, 5.74) is 0.766. The highest BCUT2D eigenvalue weighted by Gasteiger charge is 2.19. The van der Waals surface area contributed by atoms with Crippen molar-refractivity contribution < 1.29 is 9.53 Å². The second-order valence-electron chi connectivity index (χ2n) is 6.29. The number of carbonyl (C=O) groups is 1.